The molecule has 6 heteroatoms. The summed E-state index contributed by atoms with van der Waals surface area (Å²) >= 11 is 9.40. The van der Waals surface area contributed by atoms with Gasteiger partial charge in [0.2, 0.25) is 0 Å². The molecular formula is C17H14BrClN2O2. The summed E-state index contributed by atoms with van der Waals surface area (Å²) < 4.78 is 6.47. The molecule has 0 atom stereocenters. The fourth-order valence-electron chi connectivity index (χ4n) is 1.87. The van der Waals surface area contributed by atoms with Crippen molar-refractivity contribution in [2.24, 2.45) is 0 Å². The van der Waals surface area contributed by atoms with Crippen LogP contribution >= 0.6 is 27.5 Å². The maximum Gasteiger partial charge on any atom is 0.262 e. The molecule has 0 fully saturated rings. The Morgan fingerprint density at radius 1 is 1.39 bits per heavy atom. The Balaban J connectivity index is 2.27. The highest BCUT2D eigenvalue weighted by Gasteiger charge is 2.12. The molecule has 0 aliphatic heterocycles. The molecule has 2 rings (SSSR count). The summed E-state index contributed by atoms with van der Waals surface area (Å²) in [4.78, 5) is 11.9. The van der Waals surface area contributed by atoms with Gasteiger partial charge in [-0.1, -0.05) is 17.7 Å². The van der Waals surface area contributed by atoms with Gasteiger partial charge >= 0.3 is 0 Å². The van der Waals surface area contributed by atoms with E-state index in [-0.39, 0.29) is 11.6 Å². The standard InChI is InChI=1S/C17H14BrClN2O2/c1-10(2)21-17(22)12(9-20)7-13-4-6-16(23-13)11-3-5-14(18)15(19)8-11/h3-8,10H,1-2H3,(H,21,22). The first-order chi connectivity index (χ1) is 10.9. The number of carbonyl (C=O) groups is 1. The molecule has 1 amide bonds. The predicted molar refractivity (Wildman–Crippen MR) is 93.7 cm³/mol. The van der Waals surface area contributed by atoms with E-state index in [2.05, 4.69) is 21.2 Å². The van der Waals surface area contributed by atoms with Crippen molar-refractivity contribution < 1.29 is 9.21 Å². The minimum atomic E-state index is -0.424. The van der Waals surface area contributed by atoms with Crippen molar-refractivity contribution in [1.82, 2.24) is 5.32 Å². The number of nitriles is 1. The molecule has 118 valence electrons. The monoisotopic (exact) mass is 392 g/mol. The number of halogens is 2. The minimum Gasteiger partial charge on any atom is -0.457 e. The third-order valence-corrected chi connectivity index (χ3v) is 4.13. The lowest BCUT2D eigenvalue weighted by Crippen LogP contribution is -2.30. The van der Waals surface area contributed by atoms with Crippen LogP contribution in [-0.2, 0) is 4.79 Å². The highest BCUT2D eigenvalue weighted by Crippen LogP contribution is 2.30. The van der Waals surface area contributed by atoms with Crippen LogP contribution in [0.2, 0.25) is 5.02 Å². The van der Waals surface area contributed by atoms with Gasteiger partial charge in [0.15, 0.2) is 0 Å². The number of benzene rings is 1. The zero-order chi connectivity index (χ0) is 17.0. The van der Waals surface area contributed by atoms with Gasteiger partial charge in [-0.15, -0.1) is 0 Å². The first kappa shape index (κ1) is 17.3. The topological polar surface area (TPSA) is 66.0 Å². The van der Waals surface area contributed by atoms with Gasteiger partial charge in [0.25, 0.3) is 5.91 Å². The number of carbonyl (C=O) groups excluding carboxylic acids is 1. The summed E-state index contributed by atoms with van der Waals surface area (Å²) in [5.74, 6) is 0.605. The fraction of sp³-hybridized carbons (Fsp3) is 0.176. The molecule has 0 bridgehead atoms. The summed E-state index contributed by atoms with van der Waals surface area (Å²) in [7, 11) is 0. The molecule has 0 unspecified atom stereocenters. The Morgan fingerprint density at radius 2 is 2.13 bits per heavy atom. The third kappa shape index (κ3) is 4.47. The van der Waals surface area contributed by atoms with E-state index in [4.69, 9.17) is 21.3 Å². The second kappa shape index (κ2) is 7.49. The van der Waals surface area contributed by atoms with Crippen molar-refractivity contribution in [2.75, 3.05) is 0 Å². The van der Waals surface area contributed by atoms with E-state index in [0.717, 1.165) is 10.0 Å². The summed E-state index contributed by atoms with van der Waals surface area (Å²) in [6.45, 7) is 3.66. The largest absolute Gasteiger partial charge is 0.457 e. The van der Waals surface area contributed by atoms with Crippen molar-refractivity contribution in [3.05, 3.63) is 51.2 Å². The first-order valence-corrected chi connectivity index (χ1v) is 8.05. The zero-order valence-electron chi connectivity index (χ0n) is 12.6. The number of nitrogens with one attached hydrogen (secondary N) is 1. The molecule has 0 saturated heterocycles. The van der Waals surface area contributed by atoms with Crippen molar-refractivity contribution in [2.45, 2.75) is 19.9 Å². The van der Waals surface area contributed by atoms with Crippen molar-refractivity contribution in [1.29, 1.82) is 5.26 Å². The number of furan rings is 1. The number of rotatable bonds is 4. The van der Waals surface area contributed by atoms with Gasteiger partial charge < -0.3 is 9.73 Å². The average Bonchev–Trinajstić information content (AvgIpc) is 2.95. The third-order valence-electron chi connectivity index (χ3n) is 2.90. The van der Waals surface area contributed by atoms with Crippen LogP contribution in [0.4, 0.5) is 0 Å². The maximum absolute atomic E-state index is 11.9. The summed E-state index contributed by atoms with van der Waals surface area (Å²) in [5.41, 5.74) is 0.802. The van der Waals surface area contributed by atoms with Gasteiger partial charge in [0, 0.05) is 22.2 Å². The van der Waals surface area contributed by atoms with Crippen LogP contribution in [0.1, 0.15) is 19.6 Å². The predicted octanol–water partition coefficient (Wildman–Crippen LogP) is 4.79. The number of amides is 1. The molecule has 1 aromatic heterocycles. The Kier molecular flexibility index (Phi) is 5.64. The minimum absolute atomic E-state index is 0.00608. The van der Waals surface area contributed by atoms with E-state index in [0.29, 0.717) is 16.5 Å². The molecular weight excluding hydrogens is 380 g/mol. The quantitative estimate of drug-likeness (QED) is 0.599. The second-order valence-electron chi connectivity index (χ2n) is 5.13. The maximum atomic E-state index is 11.9. The molecule has 0 saturated carbocycles. The van der Waals surface area contributed by atoms with E-state index < -0.39 is 5.91 Å². The lowest BCUT2D eigenvalue weighted by Gasteiger charge is -2.06. The smallest absolute Gasteiger partial charge is 0.262 e. The van der Waals surface area contributed by atoms with Crippen LogP contribution in [0.5, 0.6) is 0 Å². The van der Waals surface area contributed by atoms with Crippen LogP contribution in [0, 0.1) is 11.3 Å². The molecule has 2 aromatic rings. The average molecular weight is 394 g/mol. The lowest BCUT2D eigenvalue weighted by molar-refractivity contribution is -0.117. The number of nitrogens with zero attached hydrogens (tertiary/aromatic N) is 1. The number of hydrogen-bond acceptors (Lipinski definition) is 3. The second-order valence-corrected chi connectivity index (χ2v) is 6.39. The van der Waals surface area contributed by atoms with E-state index in [1.807, 2.05) is 32.0 Å². The molecule has 1 heterocycles. The Bertz CT molecular complexity index is 803. The van der Waals surface area contributed by atoms with Gasteiger partial charge in [0.05, 0.1) is 5.02 Å². The molecule has 23 heavy (non-hydrogen) atoms. The molecule has 1 N–H and O–H groups in total. The lowest BCUT2D eigenvalue weighted by atomic mass is 10.2. The Hall–Kier alpha value is -2.03. The van der Waals surface area contributed by atoms with Gasteiger partial charge in [-0.3, -0.25) is 4.79 Å². The van der Waals surface area contributed by atoms with E-state index in [1.165, 1.54) is 6.08 Å². The normalized spacial score (nSPS) is 11.4. The SMILES string of the molecule is CC(C)NC(=O)C(C#N)=Cc1ccc(-c2ccc(Br)c(Cl)c2)o1. The van der Waals surface area contributed by atoms with Crippen LogP contribution in [0.25, 0.3) is 17.4 Å². The first-order valence-electron chi connectivity index (χ1n) is 6.88. The molecule has 0 spiro atoms. The Labute approximate surface area is 147 Å². The van der Waals surface area contributed by atoms with Gasteiger partial charge in [-0.05, 0) is 54.0 Å². The van der Waals surface area contributed by atoms with E-state index in [9.17, 15) is 4.79 Å². The summed E-state index contributed by atoms with van der Waals surface area (Å²) in [5, 5.41) is 12.4. The van der Waals surface area contributed by atoms with Crippen molar-refractivity contribution >= 4 is 39.5 Å². The summed E-state index contributed by atoms with van der Waals surface area (Å²) in [6.07, 6.45) is 1.42. The molecule has 0 aliphatic carbocycles. The zero-order valence-corrected chi connectivity index (χ0v) is 14.9. The summed E-state index contributed by atoms with van der Waals surface area (Å²) in [6, 6.07) is 10.8. The van der Waals surface area contributed by atoms with Crippen LogP contribution in [0.3, 0.4) is 0 Å². The van der Waals surface area contributed by atoms with Crippen molar-refractivity contribution in [3.8, 4) is 17.4 Å². The Morgan fingerprint density at radius 3 is 2.74 bits per heavy atom. The molecule has 4 nitrogen and oxygen atoms in total. The van der Waals surface area contributed by atoms with Crippen molar-refractivity contribution in [3.63, 3.8) is 0 Å². The molecule has 0 aliphatic rings. The fourth-order valence-corrected chi connectivity index (χ4v) is 2.29. The molecule has 1 aromatic carbocycles. The van der Waals surface area contributed by atoms with Gasteiger partial charge in [-0.2, -0.15) is 5.26 Å². The van der Waals surface area contributed by atoms with Gasteiger partial charge in [0.1, 0.15) is 23.2 Å². The molecule has 0 radical (unpaired) electrons. The number of hydrogen-bond donors (Lipinski definition) is 1. The highest BCUT2D eigenvalue weighted by molar-refractivity contribution is 9.10. The van der Waals surface area contributed by atoms with E-state index >= 15 is 0 Å². The van der Waals surface area contributed by atoms with E-state index in [1.54, 1.807) is 18.2 Å². The van der Waals surface area contributed by atoms with Crippen LogP contribution < -0.4 is 5.32 Å². The highest BCUT2D eigenvalue weighted by atomic mass is 79.9. The van der Waals surface area contributed by atoms with Crippen LogP contribution in [0.15, 0.2) is 44.8 Å². The van der Waals surface area contributed by atoms with Gasteiger partial charge in [-0.25, -0.2) is 0 Å². The van der Waals surface area contributed by atoms with Crippen LogP contribution in [-0.4, -0.2) is 11.9 Å².